The van der Waals surface area contributed by atoms with Crippen LogP contribution in [0, 0.1) is 5.92 Å². The molecule has 0 fully saturated rings. The maximum absolute atomic E-state index is 11.8. The minimum absolute atomic E-state index is 0.0389. The van der Waals surface area contributed by atoms with Gasteiger partial charge in [0, 0.05) is 5.56 Å². The van der Waals surface area contributed by atoms with E-state index in [1.807, 2.05) is 32.0 Å². The van der Waals surface area contributed by atoms with Gasteiger partial charge in [0.2, 0.25) is 11.9 Å². The first kappa shape index (κ1) is 14.5. The van der Waals surface area contributed by atoms with E-state index in [4.69, 9.17) is 17.3 Å². The van der Waals surface area contributed by atoms with Crippen molar-refractivity contribution in [1.29, 1.82) is 0 Å². The van der Waals surface area contributed by atoms with Crippen molar-refractivity contribution < 1.29 is 4.79 Å². The molecule has 106 valence electrons. The number of amides is 1. The maximum atomic E-state index is 11.8. The number of aromatic amines is 1. The van der Waals surface area contributed by atoms with Crippen molar-refractivity contribution in [3.8, 4) is 11.4 Å². The Kier molecular flexibility index (Phi) is 4.36. The van der Waals surface area contributed by atoms with Crippen LogP contribution in [0.4, 0.5) is 5.95 Å². The molecule has 4 N–H and O–H groups in total. The predicted molar refractivity (Wildman–Crippen MR) is 78.3 cm³/mol. The number of nitrogens with one attached hydrogen (secondary N) is 2. The Morgan fingerprint density at radius 3 is 2.75 bits per heavy atom. The second-order valence-corrected chi connectivity index (χ2v) is 5.15. The van der Waals surface area contributed by atoms with Crippen molar-refractivity contribution >= 4 is 23.5 Å². The van der Waals surface area contributed by atoms with Crippen LogP contribution in [0.3, 0.4) is 0 Å². The van der Waals surface area contributed by atoms with E-state index in [-0.39, 0.29) is 17.8 Å². The lowest BCUT2D eigenvalue weighted by Gasteiger charge is -2.13. The molecule has 0 unspecified atom stereocenters. The third kappa shape index (κ3) is 3.15. The Balaban J connectivity index is 2.14. The average Bonchev–Trinajstić information content (AvgIpc) is 2.86. The van der Waals surface area contributed by atoms with E-state index in [2.05, 4.69) is 20.5 Å². The molecule has 7 heteroatoms. The first-order valence-electron chi connectivity index (χ1n) is 6.22. The number of halogens is 1. The van der Waals surface area contributed by atoms with Gasteiger partial charge < -0.3 is 5.73 Å². The summed E-state index contributed by atoms with van der Waals surface area (Å²) in [5.74, 6) is 0.395. The van der Waals surface area contributed by atoms with Crippen LogP contribution in [-0.2, 0) is 4.79 Å². The number of benzene rings is 1. The summed E-state index contributed by atoms with van der Waals surface area (Å²) >= 11 is 6.07. The minimum atomic E-state index is -0.600. The molecule has 1 atom stereocenters. The van der Waals surface area contributed by atoms with Crippen molar-refractivity contribution in [3.05, 3.63) is 29.3 Å². The average molecular weight is 294 g/mol. The molecular formula is C13H16ClN5O. The monoisotopic (exact) mass is 293 g/mol. The van der Waals surface area contributed by atoms with E-state index in [9.17, 15) is 4.79 Å². The van der Waals surface area contributed by atoms with Gasteiger partial charge in [0.15, 0.2) is 5.82 Å². The first-order valence-corrected chi connectivity index (χ1v) is 6.60. The molecule has 0 saturated heterocycles. The first-order chi connectivity index (χ1) is 9.49. The molecule has 1 aromatic carbocycles. The van der Waals surface area contributed by atoms with Gasteiger partial charge in [-0.05, 0) is 18.1 Å². The molecule has 0 spiro atoms. The Hall–Kier alpha value is -1.92. The van der Waals surface area contributed by atoms with Crippen molar-refractivity contribution in [1.82, 2.24) is 15.2 Å². The van der Waals surface area contributed by atoms with Gasteiger partial charge in [0.05, 0.1) is 11.1 Å². The van der Waals surface area contributed by atoms with Gasteiger partial charge in [-0.2, -0.15) is 4.98 Å². The van der Waals surface area contributed by atoms with Crippen LogP contribution in [0.15, 0.2) is 24.3 Å². The highest BCUT2D eigenvalue weighted by Crippen LogP contribution is 2.24. The van der Waals surface area contributed by atoms with E-state index in [0.29, 0.717) is 10.8 Å². The minimum Gasteiger partial charge on any atom is -0.320 e. The molecule has 2 rings (SSSR count). The highest BCUT2D eigenvalue weighted by atomic mass is 35.5. The number of hydrogen-bond acceptors (Lipinski definition) is 4. The van der Waals surface area contributed by atoms with Gasteiger partial charge in [-0.1, -0.05) is 37.6 Å². The van der Waals surface area contributed by atoms with Gasteiger partial charge in [0.1, 0.15) is 0 Å². The van der Waals surface area contributed by atoms with Gasteiger partial charge in [-0.15, -0.1) is 5.10 Å². The van der Waals surface area contributed by atoms with E-state index < -0.39 is 6.04 Å². The molecule has 0 aliphatic rings. The van der Waals surface area contributed by atoms with Crippen molar-refractivity contribution in [2.24, 2.45) is 11.7 Å². The van der Waals surface area contributed by atoms with Crippen molar-refractivity contribution in [3.63, 3.8) is 0 Å². The highest BCUT2D eigenvalue weighted by Gasteiger charge is 2.19. The van der Waals surface area contributed by atoms with Gasteiger partial charge >= 0.3 is 0 Å². The number of rotatable bonds is 4. The van der Waals surface area contributed by atoms with Crippen LogP contribution in [0.5, 0.6) is 0 Å². The summed E-state index contributed by atoms with van der Waals surface area (Å²) in [4.78, 5) is 16.0. The van der Waals surface area contributed by atoms with E-state index >= 15 is 0 Å². The van der Waals surface area contributed by atoms with Gasteiger partial charge in [-0.25, -0.2) is 0 Å². The molecule has 0 bridgehead atoms. The number of nitrogens with two attached hydrogens (primary N) is 1. The molecule has 0 radical (unpaired) electrons. The van der Waals surface area contributed by atoms with E-state index in [1.54, 1.807) is 6.07 Å². The molecule has 6 nitrogen and oxygen atoms in total. The van der Waals surface area contributed by atoms with Crippen LogP contribution >= 0.6 is 11.6 Å². The zero-order valence-corrected chi connectivity index (χ0v) is 12.0. The fourth-order valence-corrected chi connectivity index (χ4v) is 1.81. The summed E-state index contributed by atoms with van der Waals surface area (Å²) in [6, 6.07) is 6.64. The lowest BCUT2D eigenvalue weighted by atomic mass is 10.1. The number of carbonyl (C=O) groups is 1. The summed E-state index contributed by atoms with van der Waals surface area (Å²) in [6.07, 6.45) is 0. The number of carbonyl (C=O) groups excluding carboxylic acids is 1. The maximum Gasteiger partial charge on any atom is 0.249 e. The second-order valence-electron chi connectivity index (χ2n) is 4.75. The van der Waals surface area contributed by atoms with E-state index in [1.165, 1.54) is 0 Å². The molecule has 0 aliphatic heterocycles. The number of hydrogen-bond donors (Lipinski definition) is 3. The lowest BCUT2D eigenvalue weighted by Crippen LogP contribution is -2.40. The molecule has 0 saturated carbocycles. The standard InChI is InChI=1S/C13H16ClN5O/c1-7(2)10(15)12(20)17-13-16-11(18-19-13)8-5-3-4-6-9(8)14/h3-7,10H,15H2,1-2H3,(H2,16,17,18,19,20)/t10-/m0/s1. The fraction of sp³-hybridized carbons (Fsp3) is 0.308. The topological polar surface area (TPSA) is 96.7 Å². The van der Waals surface area contributed by atoms with Crippen LogP contribution in [0.1, 0.15) is 13.8 Å². The lowest BCUT2D eigenvalue weighted by molar-refractivity contribution is -0.118. The molecule has 1 aromatic heterocycles. The third-order valence-corrected chi connectivity index (χ3v) is 3.20. The molecule has 1 amide bonds. The Morgan fingerprint density at radius 1 is 1.40 bits per heavy atom. The summed E-state index contributed by atoms with van der Waals surface area (Å²) in [5, 5.41) is 9.80. The van der Waals surface area contributed by atoms with Crippen LogP contribution < -0.4 is 11.1 Å². The largest absolute Gasteiger partial charge is 0.320 e. The molecule has 20 heavy (non-hydrogen) atoms. The van der Waals surface area contributed by atoms with Crippen LogP contribution in [0.2, 0.25) is 5.02 Å². The summed E-state index contributed by atoms with van der Waals surface area (Å²) in [5.41, 5.74) is 6.47. The number of nitrogens with zero attached hydrogens (tertiary/aromatic N) is 2. The van der Waals surface area contributed by atoms with Gasteiger partial charge in [0.25, 0.3) is 0 Å². The van der Waals surface area contributed by atoms with Crippen LogP contribution in [0.25, 0.3) is 11.4 Å². The summed E-state index contributed by atoms with van der Waals surface area (Å²) in [6.45, 7) is 3.74. The molecular weight excluding hydrogens is 278 g/mol. The molecule has 0 aliphatic carbocycles. The Labute approximate surface area is 121 Å². The van der Waals surface area contributed by atoms with Crippen LogP contribution in [-0.4, -0.2) is 27.1 Å². The predicted octanol–water partition coefficient (Wildman–Crippen LogP) is 2.05. The number of H-pyrrole nitrogens is 1. The summed E-state index contributed by atoms with van der Waals surface area (Å²) in [7, 11) is 0. The Bertz CT molecular complexity index is 610. The second kappa shape index (κ2) is 6.02. The SMILES string of the molecule is CC(C)[C@H](N)C(=O)Nc1n[nH]c(-c2ccccc2Cl)n1. The van der Waals surface area contributed by atoms with E-state index in [0.717, 1.165) is 5.56 Å². The van der Waals surface area contributed by atoms with Crippen molar-refractivity contribution in [2.75, 3.05) is 5.32 Å². The third-order valence-electron chi connectivity index (χ3n) is 2.87. The molecule has 1 heterocycles. The zero-order valence-electron chi connectivity index (χ0n) is 11.2. The zero-order chi connectivity index (χ0) is 14.7. The quantitative estimate of drug-likeness (QED) is 0.803. The summed E-state index contributed by atoms with van der Waals surface area (Å²) < 4.78 is 0. The number of anilines is 1. The Morgan fingerprint density at radius 2 is 2.10 bits per heavy atom. The fourth-order valence-electron chi connectivity index (χ4n) is 1.59. The smallest absolute Gasteiger partial charge is 0.249 e. The van der Waals surface area contributed by atoms with Crippen molar-refractivity contribution in [2.45, 2.75) is 19.9 Å². The number of aromatic nitrogens is 3. The molecule has 2 aromatic rings. The highest BCUT2D eigenvalue weighted by molar-refractivity contribution is 6.33. The normalized spacial score (nSPS) is 12.4. The van der Waals surface area contributed by atoms with Gasteiger partial charge in [-0.3, -0.25) is 15.2 Å².